The topological polar surface area (TPSA) is 28.7 Å². The van der Waals surface area contributed by atoms with E-state index in [2.05, 4.69) is 19.9 Å². The minimum Gasteiger partial charge on any atom is -0.349 e. The van der Waals surface area contributed by atoms with Crippen LogP contribution in [0, 0.1) is 18.3 Å². The SMILES string of the molecule is Cc1c(C#N)c(Cl)c(C(C)C)n1C. The van der Waals surface area contributed by atoms with Crippen molar-refractivity contribution in [1.82, 2.24) is 4.57 Å². The quantitative estimate of drug-likeness (QED) is 0.679. The summed E-state index contributed by atoms with van der Waals surface area (Å²) in [4.78, 5) is 0. The second-order valence-electron chi connectivity index (χ2n) is 3.49. The molecule has 0 N–H and O–H groups in total. The van der Waals surface area contributed by atoms with E-state index < -0.39 is 0 Å². The summed E-state index contributed by atoms with van der Waals surface area (Å²) in [5.41, 5.74) is 2.58. The maximum Gasteiger partial charge on any atom is 0.103 e. The molecule has 2 nitrogen and oxygen atoms in total. The van der Waals surface area contributed by atoms with Gasteiger partial charge in [-0.15, -0.1) is 0 Å². The second kappa shape index (κ2) is 3.43. The van der Waals surface area contributed by atoms with Gasteiger partial charge in [0.2, 0.25) is 0 Å². The molecule has 0 aliphatic rings. The van der Waals surface area contributed by atoms with E-state index in [0.29, 0.717) is 16.5 Å². The minimum absolute atomic E-state index is 0.346. The van der Waals surface area contributed by atoms with E-state index in [4.69, 9.17) is 16.9 Å². The third-order valence-electron chi connectivity index (χ3n) is 2.33. The third-order valence-corrected chi connectivity index (χ3v) is 2.71. The average Bonchev–Trinajstić information content (AvgIpc) is 2.24. The molecule has 0 fully saturated rings. The lowest BCUT2D eigenvalue weighted by Crippen LogP contribution is -2.00. The molecule has 1 rings (SSSR count). The van der Waals surface area contributed by atoms with Gasteiger partial charge in [0.05, 0.1) is 10.6 Å². The van der Waals surface area contributed by atoms with Crippen molar-refractivity contribution in [2.45, 2.75) is 26.7 Å². The van der Waals surface area contributed by atoms with Gasteiger partial charge in [0.1, 0.15) is 6.07 Å². The van der Waals surface area contributed by atoms with Gasteiger partial charge >= 0.3 is 0 Å². The fourth-order valence-electron chi connectivity index (χ4n) is 1.55. The van der Waals surface area contributed by atoms with E-state index in [0.717, 1.165) is 11.4 Å². The van der Waals surface area contributed by atoms with Crippen molar-refractivity contribution in [2.24, 2.45) is 7.05 Å². The summed E-state index contributed by atoms with van der Waals surface area (Å²) < 4.78 is 1.99. The fraction of sp³-hybridized carbons (Fsp3) is 0.500. The number of hydrogen-bond donors (Lipinski definition) is 0. The van der Waals surface area contributed by atoms with E-state index in [1.165, 1.54) is 0 Å². The lowest BCUT2D eigenvalue weighted by Gasteiger charge is -2.08. The van der Waals surface area contributed by atoms with Gasteiger partial charge in [-0.2, -0.15) is 5.26 Å². The van der Waals surface area contributed by atoms with Gasteiger partial charge in [-0.25, -0.2) is 0 Å². The molecule has 1 aromatic rings. The molecule has 0 saturated heterocycles. The molecule has 0 aliphatic heterocycles. The monoisotopic (exact) mass is 196 g/mol. The Hall–Kier alpha value is -0.940. The first kappa shape index (κ1) is 10.1. The summed E-state index contributed by atoms with van der Waals surface area (Å²) in [6.45, 7) is 6.06. The first-order valence-corrected chi connectivity index (χ1v) is 4.63. The van der Waals surface area contributed by atoms with Crippen LogP contribution in [0.4, 0.5) is 0 Å². The van der Waals surface area contributed by atoms with Crippen molar-refractivity contribution >= 4 is 11.6 Å². The molecule has 0 aromatic carbocycles. The van der Waals surface area contributed by atoms with E-state index in [9.17, 15) is 0 Å². The Labute approximate surface area is 83.7 Å². The largest absolute Gasteiger partial charge is 0.349 e. The van der Waals surface area contributed by atoms with Crippen molar-refractivity contribution in [3.05, 3.63) is 22.0 Å². The Morgan fingerprint density at radius 2 is 2.00 bits per heavy atom. The predicted octanol–water partition coefficient (Wildman–Crippen LogP) is 2.98. The number of aromatic nitrogens is 1. The van der Waals surface area contributed by atoms with Crippen molar-refractivity contribution in [3.8, 4) is 6.07 Å². The number of hydrogen-bond acceptors (Lipinski definition) is 1. The Morgan fingerprint density at radius 1 is 1.46 bits per heavy atom. The Morgan fingerprint density at radius 3 is 2.23 bits per heavy atom. The zero-order chi connectivity index (χ0) is 10.2. The zero-order valence-electron chi connectivity index (χ0n) is 8.35. The van der Waals surface area contributed by atoms with E-state index in [-0.39, 0.29) is 0 Å². The van der Waals surface area contributed by atoms with Crippen LogP contribution in [-0.4, -0.2) is 4.57 Å². The molecule has 3 heteroatoms. The normalized spacial score (nSPS) is 10.5. The molecule has 1 heterocycles. The Bertz CT molecular complexity index is 369. The number of rotatable bonds is 1. The van der Waals surface area contributed by atoms with Gasteiger partial charge in [-0.05, 0) is 12.8 Å². The summed E-state index contributed by atoms with van der Waals surface area (Å²) in [6, 6.07) is 2.13. The molecular weight excluding hydrogens is 184 g/mol. The van der Waals surface area contributed by atoms with Gasteiger partial charge in [0.15, 0.2) is 0 Å². The van der Waals surface area contributed by atoms with E-state index >= 15 is 0 Å². The van der Waals surface area contributed by atoms with Crippen LogP contribution in [0.3, 0.4) is 0 Å². The first-order chi connectivity index (χ1) is 6.00. The van der Waals surface area contributed by atoms with Crippen molar-refractivity contribution < 1.29 is 0 Å². The van der Waals surface area contributed by atoms with Crippen LogP contribution in [0.5, 0.6) is 0 Å². The highest BCUT2D eigenvalue weighted by Gasteiger charge is 2.18. The summed E-state index contributed by atoms with van der Waals surface area (Å²) in [5, 5.41) is 9.48. The minimum atomic E-state index is 0.346. The van der Waals surface area contributed by atoms with Gasteiger partial charge in [0, 0.05) is 18.4 Å². The Balaban J connectivity index is 3.48. The average molecular weight is 197 g/mol. The smallest absolute Gasteiger partial charge is 0.103 e. The van der Waals surface area contributed by atoms with E-state index in [1.807, 2.05) is 18.5 Å². The molecule has 70 valence electrons. The number of halogens is 1. The molecule has 13 heavy (non-hydrogen) atoms. The van der Waals surface area contributed by atoms with Crippen molar-refractivity contribution in [2.75, 3.05) is 0 Å². The molecule has 0 amide bonds. The fourth-order valence-corrected chi connectivity index (χ4v) is 2.08. The molecule has 1 aromatic heterocycles. The van der Waals surface area contributed by atoms with Crippen molar-refractivity contribution in [3.63, 3.8) is 0 Å². The Kier molecular flexibility index (Phi) is 2.68. The molecule has 0 radical (unpaired) electrons. The summed E-state index contributed by atoms with van der Waals surface area (Å²) in [6.07, 6.45) is 0. The van der Waals surface area contributed by atoms with E-state index in [1.54, 1.807) is 0 Å². The van der Waals surface area contributed by atoms with Crippen LogP contribution < -0.4 is 0 Å². The van der Waals surface area contributed by atoms with Crippen LogP contribution in [0.2, 0.25) is 5.02 Å². The van der Waals surface area contributed by atoms with Crippen LogP contribution in [-0.2, 0) is 7.05 Å². The van der Waals surface area contributed by atoms with Gasteiger partial charge < -0.3 is 4.57 Å². The molecule has 0 spiro atoms. The molecular formula is C10H13ClN2. The van der Waals surface area contributed by atoms with Crippen molar-refractivity contribution in [1.29, 1.82) is 5.26 Å². The highest BCUT2D eigenvalue weighted by atomic mass is 35.5. The molecule has 0 atom stereocenters. The maximum absolute atomic E-state index is 8.87. The summed E-state index contributed by atoms with van der Waals surface area (Å²) >= 11 is 6.09. The van der Waals surface area contributed by atoms with Gasteiger partial charge in [-0.3, -0.25) is 0 Å². The predicted molar refractivity (Wildman–Crippen MR) is 54.0 cm³/mol. The van der Waals surface area contributed by atoms with Gasteiger partial charge in [0.25, 0.3) is 0 Å². The second-order valence-corrected chi connectivity index (χ2v) is 3.86. The van der Waals surface area contributed by atoms with Crippen LogP contribution in [0.15, 0.2) is 0 Å². The lowest BCUT2D eigenvalue weighted by molar-refractivity contribution is 0.727. The molecule has 0 saturated carbocycles. The maximum atomic E-state index is 8.87. The highest BCUT2D eigenvalue weighted by Crippen LogP contribution is 2.31. The first-order valence-electron chi connectivity index (χ1n) is 4.25. The zero-order valence-corrected chi connectivity index (χ0v) is 9.11. The summed E-state index contributed by atoms with van der Waals surface area (Å²) in [7, 11) is 1.94. The van der Waals surface area contributed by atoms with Crippen LogP contribution in [0.1, 0.15) is 36.7 Å². The number of nitrogens with zero attached hydrogens (tertiary/aromatic N) is 2. The number of nitriles is 1. The standard InChI is InChI=1S/C10H13ClN2/c1-6(2)10-9(11)8(5-12)7(3)13(10)4/h6H,1-4H3. The lowest BCUT2D eigenvalue weighted by atomic mass is 10.1. The molecule has 0 bridgehead atoms. The van der Waals surface area contributed by atoms with Crippen LogP contribution in [0.25, 0.3) is 0 Å². The summed E-state index contributed by atoms with van der Waals surface area (Å²) in [5.74, 6) is 0.346. The van der Waals surface area contributed by atoms with Crippen LogP contribution >= 0.6 is 11.6 Å². The van der Waals surface area contributed by atoms with Gasteiger partial charge in [-0.1, -0.05) is 25.4 Å². The molecule has 0 unspecified atom stereocenters. The highest BCUT2D eigenvalue weighted by molar-refractivity contribution is 6.32. The molecule has 0 aliphatic carbocycles. The third kappa shape index (κ3) is 1.45.